The van der Waals surface area contributed by atoms with Crippen LogP contribution in [-0.4, -0.2) is 35.4 Å². The number of esters is 1. The number of halogens is 1. The average Bonchev–Trinajstić information content (AvgIpc) is 3.10. The number of hydrogen-bond donors (Lipinski definition) is 2. The number of nitro groups is 1. The topological polar surface area (TPSA) is 128 Å². The number of carbonyl (C=O) groups is 3. The maximum absolute atomic E-state index is 12.9. The van der Waals surface area contributed by atoms with Crippen LogP contribution in [0.4, 0.5) is 10.7 Å². The van der Waals surface area contributed by atoms with Crippen LogP contribution in [0.15, 0.2) is 18.2 Å². The molecule has 0 saturated heterocycles. The molecule has 0 unspecified atom stereocenters. The second kappa shape index (κ2) is 10.8. The number of benzene rings is 1. The zero-order chi connectivity index (χ0) is 24.1. The quantitative estimate of drug-likeness (QED) is 0.313. The van der Waals surface area contributed by atoms with Gasteiger partial charge in [-0.3, -0.25) is 19.7 Å². The van der Waals surface area contributed by atoms with Gasteiger partial charge in [-0.05, 0) is 44.4 Å². The smallest absolute Gasteiger partial charge is 0.341 e. The van der Waals surface area contributed by atoms with Gasteiger partial charge in [0.25, 0.3) is 17.5 Å². The number of thiophene rings is 1. The molecule has 3 rings (SSSR count). The van der Waals surface area contributed by atoms with E-state index >= 15 is 0 Å². The number of rotatable bonds is 7. The van der Waals surface area contributed by atoms with Gasteiger partial charge in [0.15, 0.2) is 0 Å². The first kappa shape index (κ1) is 24.7. The molecule has 2 N–H and O–H groups in total. The molecule has 1 heterocycles. The number of anilines is 1. The van der Waals surface area contributed by atoms with Gasteiger partial charge in [-0.15, -0.1) is 11.3 Å². The van der Waals surface area contributed by atoms with Crippen LogP contribution >= 0.6 is 22.9 Å². The van der Waals surface area contributed by atoms with Gasteiger partial charge in [0.05, 0.1) is 22.0 Å². The Morgan fingerprint density at radius 2 is 1.91 bits per heavy atom. The first-order valence-corrected chi connectivity index (χ1v) is 11.8. The molecule has 1 aliphatic rings. The maximum Gasteiger partial charge on any atom is 0.341 e. The molecule has 11 heteroatoms. The Morgan fingerprint density at radius 1 is 1.21 bits per heavy atom. The van der Waals surface area contributed by atoms with E-state index in [2.05, 4.69) is 10.6 Å². The third-order valence-corrected chi connectivity index (χ3v) is 6.93. The van der Waals surface area contributed by atoms with Crippen LogP contribution in [-0.2, 0) is 4.74 Å². The predicted molar refractivity (Wildman–Crippen MR) is 125 cm³/mol. The fraction of sp³-hybridized carbons (Fsp3) is 0.409. The predicted octanol–water partition coefficient (Wildman–Crippen LogP) is 5.11. The molecule has 176 valence electrons. The monoisotopic (exact) mass is 493 g/mol. The molecule has 0 bridgehead atoms. The Balaban J connectivity index is 1.91. The van der Waals surface area contributed by atoms with Gasteiger partial charge in [0.2, 0.25) is 0 Å². The van der Waals surface area contributed by atoms with Gasteiger partial charge < -0.3 is 15.4 Å². The van der Waals surface area contributed by atoms with Crippen molar-refractivity contribution in [3.05, 3.63) is 54.9 Å². The molecule has 1 aliphatic carbocycles. The van der Waals surface area contributed by atoms with E-state index in [0.29, 0.717) is 10.4 Å². The Labute approximate surface area is 199 Å². The van der Waals surface area contributed by atoms with Crippen molar-refractivity contribution in [2.45, 2.75) is 52.0 Å². The number of nitrogens with one attached hydrogen (secondary N) is 2. The molecule has 1 saturated carbocycles. The SMILES string of the molecule is CCOC(=O)c1c(NC(=O)c2ccc(Cl)c([N+](=O)[O-])c2)sc(C(=O)NC2CCCCC2)c1C. The summed E-state index contributed by atoms with van der Waals surface area (Å²) in [5, 5.41) is 16.8. The highest BCUT2D eigenvalue weighted by molar-refractivity contribution is 7.18. The van der Waals surface area contributed by atoms with E-state index in [0.717, 1.165) is 49.5 Å². The molecule has 0 aliphatic heterocycles. The van der Waals surface area contributed by atoms with Crippen molar-refractivity contribution >= 4 is 51.4 Å². The minimum atomic E-state index is -0.688. The number of amides is 2. The molecule has 33 heavy (non-hydrogen) atoms. The lowest BCUT2D eigenvalue weighted by molar-refractivity contribution is -0.384. The van der Waals surface area contributed by atoms with E-state index in [-0.39, 0.29) is 39.7 Å². The summed E-state index contributed by atoms with van der Waals surface area (Å²) in [7, 11) is 0. The first-order chi connectivity index (χ1) is 15.7. The number of nitro benzene ring substituents is 1. The van der Waals surface area contributed by atoms with Crippen molar-refractivity contribution in [1.82, 2.24) is 5.32 Å². The largest absolute Gasteiger partial charge is 0.462 e. The minimum Gasteiger partial charge on any atom is -0.462 e. The molecule has 1 aromatic carbocycles. The summed E-state index contributed by atoms with van der Waals surface area (Å²) in [6, 6.07) is 3.72. The first-order valence-electron chi connectivity index (χ1n) is 10.6. The molecule has 2 amide bonds. The van der Waals surface area contributed by atoms with Gasteiger partial charge in [-0.1, -0.05) is 30.9 Å². The summed E-state index contributed by atoms with van der Waals surface area (Å²) in [6.07, 6.45) is 5.06. The summed E-state index contributed by atoms with van der Waals surface area (Å²) in [6.45, 7) is 3.40. The van der Waals surface area contributed by atoms with E-state index in [4.69, 9.17) is 16.3 Å². The van der Waals surface area contributed by atoms with Crippen molar-refractivity contribution in [3.8, 4) is 0 Å². The summed E-state index contributed by atoms with van der Waals surface area (Å²) >= 11 is 6.79. The summed E-state index contributed by atoms with van der Waals surface area (Å²) in [4.78, 5) is 49.1. The van der Waals surface area contributed by atoms with E-state index in [1.54, 1.807) is 13.8 Å². The van der Waals surface area contributed by atoms with Crippen LogP contribution in [0.1, 0.15) is 75.0 Å². The Morgan fingerprint density at radius 3 is 2.55 bits per heavy atom. The van der Waals surface area contributed by atoms with Crippen LogP contribution < -0.4 is 10.6 Å². The highest BCUT2D eigenvalue weighted by Crippen LogP contribution is 2.35. The van der Waals surface area contributed by atoms with Crippen molar-refractivity contribution in [2.24, 2.45) is 0 Å². The number of carbonyl (C=O) groups excluding carboxylic acids is 3. The molecule has 0 radical (unpaired) electrons. The van der Waals surface area contributed by atoms with Gasteiger partial charge in [-0.25, -0.2) is 4.79 Å². The maximum atomic E-state index is 12.9. The lowest BCUT2D eigenvalue weighted by Crippen LogP contribution is -2.36. The van der Waals surface area contributed by atoms with E-state index in [9.17, 15) is 24.5 Å². The van der Waals surface area contributed by atoms with E-state index < -0.39 is 22.5 Å². The highest BCUT2D eigenvalue weighted by Gasteiger charge is 2.28. The molecular formula is C22H24ClN3O6S. The van der Waals surface area contributed by atoms with Crippen LogP contribution in [0, 0.1) is 17.0 Å². The number of nitrogens with zero attached hydrogens (tertiary/aromatic N) is 1. The van der Waals surface area contributed by atoms with Gasteiger partial charge in [-0.2, -0.15) is 0 Å². The molecule has 2 aromatic rings. The van der Waals surface area contributed by atoms with Crippen molar-refractivity contribution in [1.29, 1.82) is 0 Å². The Bertz CT molecular complexity index is 1090. The Kier molecular flexibility index (Phi) is 8.04. The highest BCUT2D eigenvalue weighted by atomic mass is 35.5. The average molecular weight is 494 g/mol. The molecule has 9 nitrogen and oxygen atoms in total. The van der Waals surface area contributed by atoms with Crippen molar-refractivity contribution in [2.75, 3.05) is 11.9 Å². The van der Waals surface area contributed by atoms with Crippen molar-refractivity contribution < 1.29 is 24.0 Å². The van der Waals surface area contributed by atoms with Gasteiger partial charge in [0, 0.05) is 17.7 Å². The number of ether oxygens (including phenoxy) is 1. The zero-order valence-electron chi connectivity index (χ0n) is 18.2. The van der Waals surface area contributed by atoms with Gasteiger partial charge in [0.1, 0.15) is 10.0 Å². The normalized spacial score (nSPS) is 13.9. The molecule has 0 atom stereocenters. The molecular weight excluding hydrogens is 470 g/mol. The lowest BCUT2D eigenvalue weighted by Gasteiger charge is -2.22. The fourth-order valence-electron chi connectivity index (χ4n) is 3.73. The number of hydrogen-bond acceptors (Lipinski definition) is 7. The van der Waals surface area contributed by atoms with Crippen LogP contribution in [0.5, 0.6) is 0 Å². The van der Waals surface area contributed by atoms with E-state index in [1.807, 2.05) is 0 Å². The summed E-state index contributed by atoms with van der Waals surface area (Å²) < 4.78 is 5.12. The molecule has 0 spiro atoms. The second-order valence-corrected chi connectivity index (χ2v) is 9.09. The summed E-state index contributed by atoms with van der Waals surface area (Å²) in [5.74, 6) is -1.65. The molecule has 1 aromatic heterocycles. The Hall–Kier alpha value is -2.98. The van der Waals surface area contributed by atoms with Crippen LogP contribution in [0.2, 0.25) is 5.02 Å². The minimum absolute atomic E-state index is 0.0137. The third kappa shape index (κ3) is 5.69. The lowest BCUT2D eigenvalue weighted by atomic mass is 9.95. The van der Waals surface area contributed by atoms with Crippen molar-refractivity contribution in [3.63, 3.8) is 0 Å². The molecule has 1 fully saturated rings. The van der Waals surface area contributed by atoms with Crippen LogP contribution in [0.25, 0.3) is 0 Å². The van der Waals surface area contributed by atoms with Gasteiger partial charge >= 0.3 is 5.97 Å². The van der Waals surface area contributed by atoms with Crippen LogP contribution in [0.3, 0.4) is 0 Å². The second-order valence-electron chi connectivity index (χ2n) is 7.67. The van der Waals surface area contributed by atoms with E-state index in [1.165, 1.54) is 12.1 Å². The zero-order valence-corrected chi connectivity index (χ0v) is 19.8. The fourth-order valence-corrected chi connectivity index (χ4v) is 5.01. The summed E-state index contributed by atoms with van der Waals surface area (Å²) in [5.41, 5.74) is 0.0709. The third-order valence-electron chi connectivity index (χ3n) is 5.41. The standard InChI is InChI=1S/C22H24ClN3O6S/c1-3-32-22(29)17-12(2)18(20(28)24-14-7-5-4-6-8-14)33-21(17)25-19(27)13-9-10-15(23)16(11-13)26(30)31/h9-11,14H,3-8H2,1-2H3,(H,24,28)(H,25,27).